The summed E-state index contributed by atoms with van der Waals surface area (Å²) in [6.07, 6.45) is 1.79. The predicted octanol–water partition coefficient (Wildman–Crippen LogP) is 2.57. The number of aromatic nitrogens is 2. The summed E-state index contributed by atoms with van der Waals surface area (Å²) in [5.74, 6) is 0.880. The highest BCUT2D eigenvalue weighted by molar-refractivity contribution is 5.57. The van der Waals surface area contributed by atoms with Crippen molar-refractivity contribution in [1.29, 1.82) is 0 Å². The molecule has 0 saturated heterocycles. The van der Waals surface area contributed by atoms with Gasteiger partial charge in [0.2, 0.25) is 0 Å². The molecule has 0 aliphatic carbocycles. The number of aryl methyl sites for hydroxylation is 1. The molecule has 1 aliphatic heterocycles. The Labute approximate surface area is 152 Å². The summed E-state index contributed by atoms with van der Waals surface area (Å²) < 4.78 is 7.39. The molecule has 2 N–H and O–H groups in total. The Bertz CT molecular complexity index is 840. The first kappa shape index (κ1) is 17.0. The zero-order valence-corrected chi connectivity index (χ0v) is 14.6. The van der Waals surface area contributed by atoms with E-state index in [1.165, 1.54) is 5.56 Å². The summed E-state index contributed by atoms with van der Waals surface area (Å²) in [6, 6.07) is 14.2. The molecule has 2 aromatic heterocycles. The number of furan rings is 1. The summed E-state index contributed by atoms with van der Waals surface area (Å²) in [5, 5.41) is 23.4. The van der Waals surface area contributed by atoms with E-state index in [4.69, 9.17) is 9.52 Å². The van der Waals surface area contributed by atoms with Crippen LogP contribution in [0.25, 0.3) is 11.3 Å². The van der Waals surface area contributed by atoms with Crippen LogP contribution in [0.2, 0.25) is 0 Å². The lowest BCUT2D eigenvalue weighted by molar-refractivity contribution is 0.0916. The van der Waals surface area contributed by atoms with Crippen molar-refractivity contribution < 1.29 is 14.6 Å². The average molecular weight is 353 g/mol. The third kappa shape index (κ3) is 3.58. The highest BCUT2D eigenvalue weighted by atomic mass is 16.3. The van der Waals surface area contributed by atoms with E-state index in [0.717, 1.165) is 49.6 Å². The van der Waals surface area contributed by atoms with Gasteiger partial charge in [0.15, 0.2) is 0 Å². The van der Waals surface area contributed by atoms with Gasteiger partial charge >= 0.3 is 0 Å². The molecule has 3 aromatic rings. The van der Waals surface area contributed by atoms with Crippen LogP contribution in [0.4, 0.5) is 0 Å². The summed E-state index contributed by atoms with van der Waals surface area (Å²) in [7, 11) is 0. The smallest absolute Gasteiger partial charge is 0.133 e. The highest BCUT2D eigenvalue weighted by Crippen LogP contribution is 2.22. The number of rotatable bonds is 5. The van der Waals surface area contributed by atoms with Gasteiger partial charge in [-0.2, -0.15) is 5.10 Å². The van der Waals surface area contributed by atoms with E-state index < -0.39 is 6.10 Å². The van der Waals surface area contributed by atoms with Crippen LogP contribution < -0.4 is 0 Å². The second-order valence-electron chi connectivity index (χ2n) is 6.72. The van der Waals surface area contributed by atoms with Gasteiger partial charge in [-0.25, -0.2) is 0 Å². The Hall–Kier alpha value is -2.41. The Balaban J connectivity index is 1.46. The maximum Gasteiger partial charge on any atom is 0.133 e. The van der Waals surface area contributed by atoms with Crippen LogP contribution in [0, 0.1) is 0 Å². The van der Waals surface area contributed by atoms with Gasteiger partial charge in [0.25, 0.3) is 0 Å². The quantitative estimate of drug-likeness (QED) is 0.737. The topological polar surface area (TPSA) is 74.7 Å². The number of nitrogens with zero attached hydrogens (tertiary/aromatic N) is 3. The van der Waals surface area contributed by atoms with Crippen molar-refractivity contribution in [3.63, 3.8) is 0 Å². The minimum absolute atomic E-state index is 0.303. The van der Waals surface area contributed by atoms with Crippen molar-refractivity contribution in [2.45, 2.75) is 32.2 Å². The number of hydrogen-bond donors (Lipinski definition) is 2. The fourth-order valence-corrected chi connectivity index (χ4v) is 3.42. The Morgan fingerprint density at radius 2 is 2.00 bits per heavy atom. The molecule has 1 aliphatic rings. The molecule has 0 radical (unpaired) electrons. The van der Waals surface area contributed by atoms with E-state index in [2.05, 4.69) is 34.3 Å². The number of hydrogen-bond acceptors (Lipinski definition) is 5. The van der Waals surface area contributed by atoms with Gasteiger partial charge < -0.3 is 14.6 Å². The monoisotopic (exact) mass is 353 g/mol. The molecule has 0 fully saturated rings. The van der Waals surface area contributed by atoms with E-state index in [9.17, 15) is 5.11 Å². The summed E-state index contributed by atoms with van der Waals surface area (Å²) >= 11 is 0. The Kier molecular flexibility index (Phi) is 4.88. The third-order valence-electron chi connectivity index (χ3n) is 4.79. The van der Waals surface area contributed by atoms with E-state index in [0.29, 0.717) is 5.69 Å². The first-order chi connectivity index (χ1) is 12.7. The third-order valence-corrected chi connectivity index (χ3v) is 4.79. The molecule has 1 aromatic carbocycles. The molecule has 0 bridgehead atoms. The van der Waals surface area contributed by atoms with Gasteiger partial charge in [0.05, 0.1) is 24.3 Å². The van der Waals surface area contributed by atoms with Crippen LogP contribution in [-0.2, 0) is 19.6 Å². The van der Waals surface area contributed by atoms with Crippen LogP contribution >= 0.6 is 0 Å². The lowest BCUT2D eigenvalue weighted by Gasteiger charge is -2.19. The van der Waals surface area contributed by atoms with Crippen molar-refractivity contribution in [3.8, 4) is 11.3 Å². The van der Waals surface area contributed by atoms with Gasteiger partial charge in [-0.3, -0.25) is 9.58 Å². The summed E-state index contributed by atoms with van der Waals surface area (Å²) in [5.41, 5.74) is 3.96. The standard InChI is InChI=1S/C20H23N3O3/c24-14-19(25)18-11-17-13-22(8-2-9-23(17)21-18)12-15-4-6-16(7-5-15)20-3-1-10-26-20/h1,3-7,10-11,19,24-25H,2,8-9,12-14H2/t19-/m1/s1. The SMILES string of the molecule is OC[C@@H](O)c1cc2n(n1)CCCN(Cc1ccc(-c3ccco3)cc1)C2. The molecule has 0 spiro atoms. The van der Waals surface area contributed by atoms with E-state index in [-0.39, 0.29) is 6.61 Å². The van der Waals surface area contributed by atoms with Crippen molar-refractivity contribution in [3.05, 3.63) is 65.7 Å². The molecule has 0 unspecified atom stereocenters. The number of aliphatic hydroxyl groups excluding tert-OH is 2. The van der Waals surface area contributed by atoms with E-state index >= 15 is 0 Å². The second-order valence-corrected chi connectivity index (χ2v) is 6.72. The van der Waals surface area contributed by atoms with Crippen molar-refractivity contribution in [2.24, 2.45) is 0 Å². The van der Waals surface area contributed by atoms with Crippen molar-refractivity contribution >= 4 is 0 Å². The van der Waals surface area contributed by atoms with Crippen LogP contribution in [-0.4, -0.2) is 38.0 Å². The maximum absolute atomic E-state index is 9.81. The average Bonchev–Trinajstić information content (AvgIpc) is 3.29. The zero-order valence-electron chi connectivity index (χ0n) is 14.6. The predicted molar refractivity (Wildman–Crippen MR) is 97.1 cm³/mol. The van der Waals surface area contributed by atoms with E-state index in [1.54, 1.807) is 6.26 Å². The summed E-state index contributed by atoms with van der Waals surface area (Å²) in [6.45, 7) is 3.18. The molecule has 6 nitrogen and oxygen atoms in total. The number of aliphatic hydroxyl groups is 2. The van der Waals surface area contributed by atoms with Crippen LogP contribution in [0.5, 0.6) is 0 Å². The fourth-order valence-electron chi connectivity index (χ4n) is 3.42. The van der Waals surface area contributed by atoms with Crippen LogP contribution in [0.3, 0.4) is 0 Å². The van der Waals surface area contributed by atoms with Crippen LogP contribution in [0.15, 0.2) is 53.1 Å². The molecule has 0 amide bonds. The van der Waals surface area contributed by atoms with Gasteiger partial charge in [0, 0.05) is 31.7 Å². The lowest BCUT2D eigenvalue weighted by atomic mass is 10.1. The van der Waals surface area contributed by atoms with Gasteiger partial charge in [0.1, 0.15) is 11.9 Å². The normalized spacial score (nSPS) is 16.2. The number of benzene rings is 1. The van der Waals surface area contributed by atoms with Crippen molar-refractivity contribution in [1.82, 2.24) is 14.7 Å². The summed E-state index contributed by atoms with van der Waals surface area (Å²) in [4.78, 5) is 2.39. The first-order valence-corrected chi connectivity index (χ1v) is 8.93. The van der Waals surface area contributed by atoms with Gasteiger partial charge in [-0.15, -0.1) is 0 Å². The Morgan fingerprint density at radius 1 is 1.15 bits per heavy atom. The van der Waals surface area contributed by atoms with Crippen molar-refractivity contribution in [2.75, 3.05) is 13.2 Å². The minimum Gasteiger partial charge on any atom is -0.464 e. The highest BCUT2D eigenvalue weighted by Gasteiger charge is 2.19. The first-order valence-electron chi connectivity index (χ1n) is 8.93. The molecule has 4 rings (SSSR count). The molecule has 0 saturated carbocycles. The molecule has 26 heavy (non-hydrogen) atoms. The largest absolute Gasteiger partial charge is 0.464 e. The van der Waals surface area contributed by atoms with Gasteiger partial charge in [-0.1, -0.05) is 24.3 Å². The fraction of sp³-hybridized carbons (Fsp3) is 0.350. The molecule has 1 atom stereocenters. The molecule has 6 heteroatoms. The molecule has 3 heterocycles. The van der Waals surface area contributed by atoms with Crippen LogP contribution in [0.1, 0.15) is 29.5 Å². The Morgan fingerprint density at radius 3 is 2.73 bits per heavy atom. The minimum atomic E-state index is -0.906. The van der Waals surface area contributed by atoms with E-state index in [1.807, 2.05) is 22.9 Å². The molecular weight excluding hydrogens is 330 g/mol. The number of fused-ring (bicyclic) bond motifs is 1. The lowest BCUT2D eigenvalue weighted by Crippen LogP contribution is -2.22. The second kappa shape index (κ2) is 7.45. The zero-order chi connectivity index (χ0) is 17.9. The maximum atomic E-state index is 9.81. The molecule has 136 valence electrons. The van der Waals surface area contributed by atoms with Gasteiger partial charge in [-0.05, 0) is 30.2 Å². The molecular formula is C20H23N3O3.